The fraction of sp³-hybridized carbons (Fsp3) is 1.00. The first-order valence-electron chi connectivity index (χ1n) is 5.63. The van der Waals surface area contributed by atoms with Gasteiger partial charge in [0, 0.05) is 38.3 Å². The first kappa shape index (κ1) is 12.9. The maximum Gasteiger partial charge on any atom is 0.0589 e. The molecule has 2 unspecified atom stereocenters. The van der Waals surface area contributed by atoms with Crippen LogP contribution in [0.3, 0.4) is 0 Å². The number of ether oxygens (including phenoxy) is 2. The van der Waals surface area contributed by atoms with Crippen molar-refractivity contribution in [3.05, 3.63) is 0 Å². The number of hydrogen-bond acceptors (Lipinski definition) is 4. The number of nitrogens with zero attached hydrogens (tertiary/aromatic N) is 1. The van der Waals surface area contributed by atoms with Crippen molar-refractivity contribution >= 4 is 0 Å². The van der Waals surface area contributed by atoms with Gasteiger partial charge in [0.25, 0.3) is 0 Å². The number of rotatable bonds is 6. The molecule has 0 aromatic heterocycles. The second kappa shape index (κ2) is 5.80. The summed E-state index contributed by atoms with van der Waals surface area (Å²) >= 11 is 0. The SMILES string of the molecule is COCCN(C)C(C)(CN)C1CCOC1. The second-order valence-electron chi connectivity index (χ2n) is 4.54. The summed E-state index contributed by atoms with van der Waals surface area (Å²) in [6, 6.07) is 0. The van der Waals surface area contributed by atoms with Gasteiger partial charge in [-0.3, -0.25) is 4.90 Å². The molecule has 1 rings (SSSR count). The Kier molecular flexibility index (Phi) is 4.99. The van der Waals surface area contributed by atoms with Gasteiger partial charge in [-0.2, -0.15) is 0 Å². The van der Waals surface area contributed by atoms with Crippen LogP contribution in [0.25, 0.3) is 0 Å². The molecule has 90 valence electrons. The molecule has 0 aromatic carbocycles. The minimum Gasteiger partial charge on any atom is -0.383 e. The van der Waals surface area contributed by atoms with Crippen LogP contribution >= 0.6 is 0 Å². The summed E-state index contributed by atoms with van der Waals surface area (Å²) in [5.74, 6) is 0.546. The minimum absolute atomic E-state index is 0.0367. The summed E-state index contributed by atoms with van der Waals surface area (Å²) in [7, 11) is 3.84. The van der Waals surface area contributed by atoms with Crippen LogP contribution in [0.4, 0.5) is 0 Å². The van der Waals surface area contributed by atoms with Crippen LogP contribution in [0, 0.1) is 5.92 Å². The summed E-state index contributed by atoms with van der Waals surface area (Å²) in [5, 5.41) is 0. The molecule has 0 amide bonds. The summed E-state index contributed by atoms with van der Waals surface area (Å²) in [6.45, 7) is 6.27. The molecule has 4 heteroatoms. The summed E-state index contributed by atoms with van der Waals surface area (Å²) < 4.78 is 10.5. The third-order valence-electron chi connectivity index (χ3n) is 3.73. The summed E-state index contributed by atoms with van der Waals surface area (Å²) in [4.78, 5) is 2.30. The van der Waals surface area contributed by atoms with Gasteiger partial charge in [0.15, 0.2) is 0 Å². The first-order chi connectivity index (χ1) is 7.15. The Balaban J connectivity index is 2.56. The average molecular weight is 216 g/mol. The summed E-state index contributed by atoms with van der Waals surface area (Å²) in [5.41, 5.74) is 5.96. The largest absolute Gasteiger partial charge is 0.383 e. The van der Waals surface area contributed by atoms with E-state index in [-0.39, 0.29) is 5.54 Å². The number of hydrogen-bond donors (Lipinski definition) is 1. The molecular weight excluding hydrogens is 192 g/mol. The number of methoxy groups -OCH3 is 1. The lowest BCUT2D eigenvalue weighted by atomic mass is 9.83. The lowest BCUT2D eigenvalue weighted by Gasteiger charge is -2.42. The van der Waals surface area contributed by atoms with E-state index in [1.54, 1.807) is 7.11 Å². The van der Waals surface area contributed by atoms with Crippen LogP contribution in [0.15, 0.2) is 0 Å². The number of nitrogens with two attached hydrogens (primary N) is 1. The van der Waals surface area contributed by atoms with Crippen molar-refractivity contribution < 1.29 is 9.47 Å². The standard InChI is InChI=1S/C11H24N2O2/c1-11(9-12,10-4-6-15-8-10)13(2)5-7-14-3/h10H,4-9,12H2,1-3H3. The molecule has 4 nitrogen and oxygen atoms in total. The Morgan fingerprint density at radius 1 is 1.60 bits per heavy atom. The van der Waals surface area contributed by atoms with Crippen molar-refractivity contribution in [1.29, 1.82) is 0 Å². The topological polar surface area (TPSA) is 47.7 Å². The first-order valence-corrected chi connectivity index (χ1v) is 5.63. The average Bonchev–Trinajstić information content (AvgIpc) is 2.78. The van der Waals surface area contributed by atoms with Crippen molar-refractivity contribution in [2.24, 2.45) is 11.7 Å². The molecule has 1 aliphatic heterocycles. The van der Waals surface area contributed by atoms with Crippen LogP contribution in [-0.2, 0) is 9.47 Å². The van der Waals surface area contributed by atoms with E-state index in [0.717, 1.165) is 32.8 Å². The van der Waals surface area contributed by atoms with E-state index in [2.05, 4.69) is 18.9 Å². The van der Waals surface area contributed by atoms with E-state index < -0.39 is 0 Å². The van der Waals surface area contributed by atoms with Crippen molar-refractivity contribution in [3.63, 3.8) is 0 Å². The minimum atomic E-state index is 0.0367. The van der Waals surface area contributed by atoms with Gasteiger partial charge in [0.2, 0.25) is 0 Å². The molecule has 2 atom stereocenters. The molecule has 0 saturated carbocycles. The Morgan fingerprint density at radius 3 is 2.80 bits per heavy atom. The summed E-state index contributed by atoms with van der Waals surface area (Å²) in [6.07, 6.45) is 1.12. The molecule has 15 heavy (non-hydrogen) atoms. The van der Waals surface area contributed by atoms with Gasteiger partial charge in [-0.05, 0) is 20.4 Å². The zero-order chi connectivity index (χ0) is 11.3. The van der Waals surface area contributed by atoms with Crippen LogP contribution in [0.1, 0.15) is 13.3 Å². The van der Waals surface area contributed by atoms with E-state index in [4.69, 9.17) is 15.2 Å². The van der Waals surface area contributed by atoms with Crippen molar-refractivity contribution in [2.45, 2.75) is 18.9 Å². The molecule has 0 aliphatic carbocycles. The highest BCUT2D eigenvalue weighted by atomic mass is 16.5. The molecule has 1 fully saturated rings. The van der Waals surface area contributed by atoms with Crippen LogP contribution in [0.2, 0.25) is 0 Å². The Hall–Kier alpha value is -0.160. The highest BCUT2D eigenvalue weighted by Crippen LogP contribution is 2.29. The van der Waals surface area contributed by atoms with Crippen LogP contribution < -0.4 is 5.73 Å². The van der Waals surface area contributed by atoms with Crippen molar-refractivity contribution in [3.8, 4) is 0 Å². The zero-order valence-electron chi connectivity index (χ0n) is 10.2. The highest BCUT2D eigenvalue weighted by molar-refractivity contribution is 4.94. The molecule has 0 aromatic rings. The van der Waals surface area contributed by atoms with Gasteiger partial charge in [-0.25, -0.2) is 0 Å². The quantitative estimate of drug-likeness (QED) is 0.694. The molecule has 0 radical (unpaired) electrons. The third kappa shape index (κ3) is 2.91. The van der Waals surface area contributed by atoms with Crippen molar-refractivity contribution in [1.82, 2.24) is 4.90 Å². The van der Waals surface area contributed by atoms with Gasteiger partial charge in [0.1, 0.15) is 0 Å². The smallest absolute Gasteiger partial charge is 0.0589 e. The predicted octanol–water partition coefficient (Wildman–Crippen LogP) is 0.319. The molecule has 0 spiro atoms. The molecule has 1 heterocycles. The zero-order valence-corrected chi connectivity index (χ0v) is 10.2. The Labute approximate surface area is 92.7 Å². The van der Waals surface area contributed by atoms with Gasteiger partial charge in [-0.15, -0.1) is 0 Å². The van der Waals surface area contributed by atoms with Gasteiger partial charge >= 0.3 is 0 Å². The lowest BCUT2D eigenvalue weighted by Crippen LogP contribution is -2.56. The third-order valence-corrected chi connectivity index (χ3v) is 3.73. The molecule has 2 N–H and O–H groups in total. The maximum absolute atomic E-state index is 5.92. The lowest BCUT2D eigenvalue weighted by molar-refractivity contribution is 0.0453. The van der Waals surface area contributed by atoms with E-state index in [9.17, 15) is 0 Å². The van der Waals surface area contributed by atoms with Gasteiger partial charge in [-0.1, -0.05) is 0 Å². The predicted molar refractivity (Wildman–Crippen MR) is 60.9 cm³/mol. The maximum atomic E-state index is 5.92. The molecule has 1 aliphatic rings. The number of likely N-dealkylation sites (N-methyl/N-ethyl adjacent to an activating group) is 1. The second-order valence-corrected chi connectivity index (χ2v) is 4.54. The van der Waals surface area contributed by atoms with E-state index in [0.29, 0.717) is 12.5 Å². The van der Waals surface area contributed by atoms with Gasteiger partial charge < -0.3 is 15.2 Å². The fourth-order valence-electron chi connectivity index (χ4n) is 2.14. The molecular formula is C11H24N2O2. The highest BCUT2D eigenvalue weighted by Gasteiger charge is 2.38. The van der Waals surface area contributed by atoms with Crippen LogP contribution in [0.5, 0.6) is 0 Å². The Bertz CT molecular complexity index is 183. The normalized spacial score (nSPS) is 25.8. The Morgan fingerprint density at radius 2 is 2.33 bits per heavy atom. The van der Waals surface area contributed by atoms with E-state index in [1.807, 2.05) is 0 Å². The monoisotopic (exact) mass is 216 g/mol. The van der Waals surface area contributed by atoms with Crippen LogP contribution in [-0.4, -0.2) is 57.5 Å². The fourth-order valence-corrected chi connectivity index (χ4v) is 2.14. The molecule has 1 saturated heterocycles. The molecule has 0 bridgehead atoms. The van der Waals surface area contributed by atoms with Crippen molar-refractivity contribution in [2.75, 3.05) is 47.1 Å². The van der Waals surface area contributed by atoms with E-state index in [1.165, 1.54) is 0 Å². The van der Waals surface area contributed by atoms with E-state index >= 15 is 0 Å². The van der Waals surface area contributed by atoms with Gasteiger partial charge in [0.05, 0.1) is 13.2 Å².